The smallest absolute Gasteiger partial charge is 0.141 e. The van der Waals surface area contributed by atoms with E-state index in [9.17, 15) is 5.11 Å². The van der Waals surface area contributed by atoms with Gasteiger partial charge in [-0.25, -0.2) is 9.67 Å². The first-order valence-electron chi connectivity index (χ1n) is 7.40. The van der Waals surface area contributed by atoms with Gasteiger partial charge in [0.05, 0.1) is 12.6 Å². The van der Waals surface area contributed by atoms with Crippen molar-refractivity contribution < 1.29 is 5.11 Å². The number of nitrogens with zero attached hydrogens (tertiary/aromatic N) is 4. The average molecular weight is 264 g/mol. The molecular formula is C14H24N4O. The molecule has 3 rings (SSSR count). The molecule has 1 aliphatic heterocycles. The van der Waals surface area contributed by atoms with E-state index in [2.05, 4.69) is 28.8 Å². The number of fused-ring (bicyclic) bond motifs is 1. The van der Waals surface area contributed by atoms with E-state index in [1.54, 1.807) is 6.33 Å². The van der Waals surface area contributed by atoms with Crippen molar-refractivity contribution in [2.24, 2.45) is 17.8 Å². The Morgan fingerprint density at radius 2 is 2.21 bits per heavy atom. The van der Waals surface area contributed by atoms with Crippen LogP contribution >= 0.6 is 0 Å². The van der Waals surface area contributed by atoms with E-state index in [0.717, 1.165) is 38.4 Å². The fourth-order valence-electron chi connectivity index (χ4n) is 3.57. The van der Waals surface area contributed by atoms with Crippen LogP contribution < -0.4 is 0 Å². The van der Waals surface area contributed by atoms with Gasteiger partial charge in [-0.3, -0.25) is 4.90 Å². The molecule has 19 heavy (non-hydrogen) atoms. The summed E-state index contributed by atoms with van der Waals surface area (Å²) in [4.78, 5) is 6.82. The average Bonchev–Trinajstić information content (AvgIpc) is 3.00. The van der Waals surface area contributed by atoms with Crippen molar-refractivity contribution in [1.29, 1.82) is 0 Å². The molecule has 2 fully saturated rings. The van der Waals surface area contributed by atoms with E-state index in [1.165, 1.54) is 6.42 Å². The van der Waals surface area contributed by atoms with Crippen LogP contribution in [0.15, 0.2) is 6.33 Å². The summed E-state index contributed by atoms with van der Waals surface area (Å²) in [5, 5.41) is 14.3. The van der Waals surface area contributed by atoms with Crippen LogP contribution in [0.1, 0.15) is 32.5 Å². The maximum atomic E-state index is 9.96. The molecular weight excluding hydrogens is 240 g/mol. The summed E-state index contributed by atoms with van der Waals surface area (Å²) in [5.74, 6) is 2.82. The Morgan fingerprint density at radius 1 is 1.37 bits per heavy atom. The molecule has 3 unspecified atom stereocenters. The molecule has 0 bridgehead atoms. The summed E-state index contributed by atoms with van der Waals surface area (Å²) in [7, 11) is 0. The highest BCUT2D eigenvalue weighted by molar-refractivity contribution is 4.96. The van der Waals surface area contributed by atoms with Crippen molar-refractivity contribution >= 4 is 0 Å². The van der Waals surface area contributed by atoms with Crippen molar-refractivity contribution in [3.63, 3.8) is 0 Å². The standard InChI is InChI=1S/C14H24N4O/c1-10(2)5-18-14(15-9-16-18)8-17-6-11-3-4-13(19)12(11)7-17/h9-13,19H,3-8H2,1-2H3. The monoisotopic (exact) mass is 264 g/mol. The first-order chi connectivity index (χ1) is 9.13. The lowest BCUT2D eigenvalue weighted by atomic mass is 10.00. The second-order valence-corrected chi connectivity index (χ2v) is 6.51. The van der Waals surface area contributed by atoms with E-state index in [-0.39, 0.29) is 6.10 Å². The first kappa shape index (κ1) is 13.1. The van der Waals surface area contributed by atoms with Gasteiger partial charge in [0, 0.05) is 25.6 Å². The highest BCUT2D eigenvalue weighted by atomic mass is 16.3. The lowest BCUT2D eigenvalue weighted by Crippen LogP contribution is -2.26. The predicted molar refractivity (Wildman–Crippen MR) is 72.4 cm³/mol. The van der Waals surface area contributed by atoms with Crippen LogP contribution in [0.4, 0.5) is 0 Å². The van der Waals surface area contributed by atoms with Crippen LogP contribution in [0.5, 0.6) is 0 Å². The maximum absolute atomic E-state index is 9.96. The minimum absolute atomic E-state index is 0.0801. The second kappa shape index (κ2) is 5.21. The molecule has 1 saturated heterocycles. The van der Waals surface area contributed by atoms with Gasteiger partial charge in [-0.05, 0) is 24.7 Å². The molecule has 2 heterocycles. The lowest BCUT2D eigenvalue weighted by Gasteiger charge is -2.18. The summed E-state index contributed by atoms with van der Waals surface area (Å²) in [6, 6.07) is 0. The Balaban J connectivity index is 1.62. The largest absolute Gasteiger partial charge is 0.393 e. The van der Waals surface area contributed by atoms with Gasteiger partial charge < -0.3 is 5.11 Å². The van der Waals surface area contributed by atoms with Gasteiger partial charge in [0.25, 0.3) is 0 Å². The van der Waals surface area contributed by atoms with E-state index in [4.69, 9.17) is 0 Å². The van der Waals surface area contributed by atoms with Gasteiger partial charge >= 0.3 is 0 Å². The molecule has 0 radical (unpaired) electrons. The van der Waals surface area contributed by atoms with Crippen LogP contribution in [0.3, 0.4) is 0 Å². The molecule has 1 saturated carbocycles. The Hall–Kier alpha value is -0.940. The molecule has 5 heteroatoms. The summed E-state index contributed by atoms with van der Waals surface area (Å²) in [6.45, 7) is 8.31. The SMILES string of the molecule is CC(C)Cn1ncnc1CN1CC2CCC(O)C2C1. The Labute approximate surface area is 114 Å². The van der Waals surface area contributed by atoms with Crippen molar-refractivity contribution in [3.8, 4) is 0 Å². The van der Waals surface area contributed by atoms with Crippen LogP contribution in [0.2, 0.25) is 0 Å². The number of hydrogen-bond acceptors (Lipinski definition) is 4. The molecule has 3 atom stereocenters. The van der Waals surface area contributed by atoms with Crippen LogP contribution in [0, 0.1) is 17.8 Å². The summed E-state index contributed by atoms with van der Waals surface area (Å²) in [5.41, 5.74) is 0. The lowest BCUT2D eigenvalue weighted by molar-refractivity contribution is 0.123. The van der Waals surface area contributed by atoms with Crippen molar-refractivity contribution in [3.05, 3.63) is 12.2 Å². The molecule has 2 aliphatic rings. The Morgan fingerprint density at radius 3 is 2.95 bits per heavy atom. The van der Waals surface area contributed by atoms with E-state index >= 15 is 0 Å². The predicted octanol–water partition coefficient (Wildman–Crippen LogP) is 1.14. The minimum Gasteiger partial charge on any atom is -0.393 e. The molecule has 1 aromatic heterocycles. The number of aliphatic hydroxyl groups excluding tert-OH is 1. The van der Waals surface area contributed by atoms with Gasteiger partial charge in [0.15, 0.2) is 0 Å². The Bertz CT molecular complexity index is 431. The molecule has 1 aliphatic carbocycles. The summed E-state index contributed by atoms with van der Waals surface area (Å²) in [6.07, 6.45) is 3.75. The molecule has 5 nitrogen and oxygen atoms in total. The highest BCUT2D eigenvalue weighted by Gasteiger charge is 2.41. The van der Waals surface area contributed by atoms with Gasteiger partial charge in [-0.2, -0.15) is 5.10 Å². The van der Waals surface area contributed by atoms with Gasteiger partial charge in [-0.15, -0.1) is 0 Å². The molecule has 1 aromatic rings. The number of rotatable bonds is 4. The number of aliphatic hydroxyl groups is 1. The van der Waals surface area contributed by atoms with Crippen LogP contribution in [0.25, 0.3) is 0 Å². The molecule has 0 amide bonds. The van der Waals surface area contributed by atoms with E-state index in [1.807, 2.05) is 4.68 Å². The third-order valence-electron chi connectivity index (χ3n) is 4.49. The van der Waals surface area contributed by atoms with Crippen molar-refractivity contribution in [2.75, 3.05) is 13.1 Å². The van der Waals surface area contributed by atoms with Gasteiger partial charge in [0.1, 0.15) is 12.2 Å². The van der Waals surface area contributed by atoms with E-state index in [0.29, 0.717) is 17.8 Å². The third-order valence-corrected chi connectivity index (χ3v) is 4.49. The highest BCUT2D eigenvalue weighted by Crippen LogP contribution is 2.38. The molecule has 0 aromatic carbocycles. The topological polar surface area (TPSA) is 54.2 Å². The fraction of sp³-hybridized carbons (Fsp3) is 0.857. The summed E-state index contributed by atoms with van der Waals surface area (Å²) < 4.78 is 2.02. The molecule has 1 N–H and O–H groups in total. The Kier molecular flexibility index (Phi) is 3.58. The molecule has 106 valence electrons. The van der Waals surface area contributed by atoms with E-state index < -0.39 is 0 Å². The van der Waals surface area contributed by atoms with Crippen molar-refractivity contribution in [2.45, 2.75) is 45.9 Å². The number of likely N-dealkylation sites (tertiary alicyclic amines) is 1. The quantitative estimate of drug-likeness (QED) is 0.886. The molecule has 0 spiro atoms. The second-order valence-electron chi connectivity index (χ2n) is 6.51. The number of aromatic nitrogens is 3. The van der Waals surface area contributed by atoms with Gasteiger partial charge in [0.2, 0.25) is 0 Å². The van der Waals surface area contributed by atoms with Crippen LogP contribution in [-0.4, -0.2) is 44.0 Å². The zero-order valence-corrected chi connectivity index (χ0v) is 11.9. The van der Waals surface area contributed by atoms with Crippen LogP contribution in [-0.2, 0) is 13.1 Å². The van der Waals surface area contributed by atoms with Crippen molar-refractivity contribution in [1.82, 2.24) is 19.7 Å². The third kappa shape index (κ3) is 2.67. The fourth-order valence-corrected chi connectivity index (χ4v) is 3.57. The number of hydrogen-bond donors (Lipinski definition) is 1. The summed E-state index contributed by atoms with van der Waals surface area (Å²) >= 11 is 0. The first-order valence-corrected chi connectivity index (χ1v) is 7.40. The zero-order chi connectivity index (χ0) is 13.4. The normalized spacial score (nSPS) is 31.3. The zero-order valence-electron chi connectivity index (χ0n) is 11.9. The maximum Gasteiger partial charge on any atom is 0.141 e. The van der Waals surface area contributed by atoms with Gasteiger partial charge in [-0.1, -0.05) is 13.8 Å². The minimum atomic E-state index is -0.0801.